The summed E-state index contributed by atoms with van der Waals surface area (Å²) in [4.78, 5) is 38.3. The molecule has 4 aromatic rings. The maximum Gasteiger partial charge on any atom is 0.261 e. The number of nitrogens with one attached hydrogen (secondary N) is 2. The lowest BCUT2D eigenvalue weighted by Crippen LogP contribution is -2.43. The van der Waals surface area contributed by atoms with Crippen LogP contribution in [0.15, 0.2) is 79.0 Å². The number of aliphatic hydroxyl groups excluding tert-OH is 1. The highest BCUT2D eigenvalue weighted by atomic mass is 28.4. The lowest BCUT2D eigenvalue weighted by Gasteiger charge is -2.32. The van der Waals surface area contributed by atoms with Gasteiger partial charge in [0.1, 0.15) is 5.75 Å². The molecule has 3 aromatic carbocycles. The van der Waals surface area contributed by atoms with Gasteiger partial charge in [-0.25, -0.2) is 0 Å². The Morgan fingerprint density at radius 1 is 1.15 bits per heavy atom. The average molecular weight is 642 g/mol. The predicted octanol–water partition coefficient (Wildman–Crippen LogP) is 4.50. The van der Waals surface area contributed by atoms with Gasteiger partial charge in [-0.05, 0) is 67.5 Å². The summed E-state index contributed by atoms with van der Waals surface area (Å²) in [6, 6.07) is 21.8. The lowest BCUT2D eigenvalue weighted by atomic mass is 9.82. The lowest BCUT2D eigenvalue weighted by molar-refractivity contribution is -0.143. The van der Waals surface area contributed by atoms with Gasteiger partial charge in [-0.3, -0.25) is 14.3 Å². The smallest absolute Gasteiger partial charge is 0.261 e. The highest BCUT2D eigenvalue weighted by molar-refractivity contribution is 6.71. The van der Waals surface area contributed by atoms with Gasteiger partial charge in [0.15, 0.2) is 13.9 Å². The molecular formula is C34H39N5O6Si. The summed E-state index contributed by atoms with van der Waals surface area (Å²) in [5, 5.41) is 24.6. The van der Waals surface area contributed by atoms with E-state index in [-0.39, 0.29) is 35.8 Å². The number of fused-ring (bicyclic) bond motifs is 2. The van der Waals surface area contributed by atoms with Crippen LogP contribution < -0.4 is 15.4 Å². The van der Waals surface area contributed by atoms with E-state index < -0.39 is 20.0 Å². The molecule has 1 aromatic heterocycles. The van der Waals surface area contributed by atoms with E-state index in [1.165, 1.54) is 0 Å². The highest BCUT2D eigenvalue weighted by Crippen LogP contribution is 2.58. The van der Waals surface area contributed by atoms with Gasteiger partial charge in [-0.2, -0.15) is 0 Å². The van der Waals surface area contributed by atoms with Gasteiger partial charge in [0.2, 0.25) is 0 Å². The molecule has 0 radical (unpaired) electrons. The Hall–Kier alpha value is -4.36. The minimum atomic E-state index is -2.85. The summed E-state index contributed by atoms with van der Waals surface area (Å²) in [6.07, 6.45) is 1.88. The van der Waals surface area contributed by atoms with Crippen molar-refractivity contribution in [3.63, 3.8) is 0 Å². The first-order valence-corrected chi connectivity index (χ1v) is 18.4. The number of aromatic nitrogens is 3. The molecule has 3 heterocycles. The maximum absolute atomic E-state index is 13.8. The van der Waals surface area contributed by atoms with Gasteiger partial charge in [-0.1, -0.05) is 42.5 Å². The van der Waals surface area contributed by atoms with Crippen molar-refractivity contribution in [1.82, 2.24) is 15.0 Å². The van der Waals surface area contributed by atoms with Crippen LogP contribution in [-0.4, -0.2) is 64.8 Å². The number of carbonyl (C=O) groups is 2. The first-order valence-electron chi connectivity index (χ1n) is 15.4. The third-order valence-electron chi connectivity index (χ3n) is 9.29. The molecule has 1 fully saturated rings. The normalized spacial score (nSPS) is 22.8. The molecule has 0 bridgehead atoms. The van der Waals surface area contributed by atoms with E-state index in [4.69, 9.17) is 9.47 Å². The number of amides is 2. The largest absolute Gasteiger partial charge is 0.497 e. The summed E-state index contributed by atoms with van der Waals surface area (Å²) in [5.41, 5.74) is 2.26. The molecule has 4 N–H and O–H groups in total. The van der Waals surface area contributed by atoms with E-state index >= 15 is 0 Å². The Morgan fingerprint density at radius 2 is 1.89 bits per heavy atom. The fraction of sp³-hybridized carbons (Fsp3) is 0.353. The number of carbonyl (C=O) groups excluding carboxylic acids is 2. The number of nitrogens with zero attached hydrogens (tertiary/aromatic N) is 3. The second-order valence-electron chi connectivity index (χ2n) is 12.6. The van der Waals surface area contributed by atoms with Crippen molar-refractivity contribution in [1.29, 1.82) is 0 Å². The number of aliphatic hydroxyl groups is 1. The molecule has 0 aliphatic carbocycles. The summed E-state index contributed by atoms with van der Waals surface area (Å²) in [5.74, 6) is -0.567. The number of anilines is 2. The van der Waals surface area contributed by atoms with E-state index in [1.807, 2.05) is 56.5 Å². The SMILES string of the molecule is COc1ccc(C(=O)Nc2ccc3c(c2)[C@@]2(O[C@H](CCn4cc(C(CO)c5ccccc5)nn4)[C@@H]([Si](C)(C)O)[C@@H]2C)C(=O)N3)cc1. The minimum absolute atomic E-state index is 0.0993. The number of benzene rings is 3. The van der Waals surface area contributed by atoms with Crippen LogP contribution in [0.25, 0.3) is 0 Å². The second kappa shape index (κ2) is 12.4. The van der Waals surface area contributed by atoms with Crippen LogP contribution in [0, 0.1) is 5.92 Å². The Labute approximate surface area is 268 Å². The number of methoxy groups -OCH3 is 1. The highest BCUT2D eigenvalue weighted by Gasteiger charge is 2.64. The second-order valence-corrected chi connectivity index (χ2v) is 16.6. The van der Waals surface area contributed by atoms with E-state index in [0.717, 1.165) is 5.56 Å². The average Bonchev–Trinajstić information content (AvgIpc) is 3.71. The summed E-state index contributed by atoms with van der Waals surface area (Å²) >= 11 is 0. The van der Waals surface area contributed by atoms with Crippen molar-refractivity contribution in [3.8, 4) is 5.75 Å². The molecular weight excluding hydrogens is 602 g/mol. The molecule has 1 spiro atoms. The summed E-state index contributed by atoms with van der Waals surface area (Å²) in [6.45, 7) is 6.06. The molecule has 2 aliphatic heterocycles. The number of aryl methyl sites for hydroxylation is 1. The molecule has 11 nitrogen and oxygen atoms in total. The van der Waals surface area contributed by atoms with Crippen LogP contribution in [-0.2, 0) is 21.7 Å². The van der Waals surface area contributed by atoms with Crippen molar-refractivity contribution in [2.75, 3.05) is 24.4 Å². The summed E-state index contributed by atoms with van der Waals surface area (Å²) < 4.78 is 13.7. The molecule has 0 saturated carbocycles. The first-order chi connectivity index (χ1) is 22.0. The van der Waals surface area contributed by atoms with E-state index in [0.29, 0.717) is 46.9 Å². The van der Waals surface area contributed by atoms with Crippen LogP contribution in [0.5, 0.6) is 5.75 Å². The zero-order chi connectivity index (χ0) is 32.6. The van der Waals surface area contributed by atoms with Gasteiger partial charge in [0, 0.05) is 46.7 Å². The monoisotopic (exact) mass is 641 g/mol. The molecule has 1 saturated heterocycles. The third kappa shape index (κ3) is 5.73. The number of rotatable bonds is 10. The molecule has 5 atom stereocenters. The molecule has 6 rings (SSSR count). The fourth-order valence-corrected chi connectivity index (χ4v) is 9.69. The van der Waals surface area contributed by atoms with Crippen LogP contribution >= 0.6 is 0 Å². The molecule has 46 heavy (non-hydrogen) atoms. The van der Waals surface area contributed by atoms with Gasteiger partial charge >= 0.3 is 0 Å². The van der Waals surface area contributed by atoms with Gasteiger partial charge in [0.25, 0.3) is 11.8 Å². The van der Waals surface area contributed by atoms with Crippen LogP contribution in [0.4, 0.5) is 11.4 Å². The predicted molar refractivity (Wildman–Crippen MR) is 175 cm³/mol. The topological polar surface area (TPSA) is 148 Å². The van der Waals surface area contributed by atoms with Crippen molar-refractivity contribution in [2.45, 2.75) is 56.1 Å². The zero-order valence-corrected chi connectivity index (χ0v) is 27.3. The Kier molecular flexibility index (Phi) is 8.55. The van der Waals surface area contributed by atoms with Gasteiger partial charge in [-0.15, -0.1) is 5.10 Å². The first kappa shape index (κ1) is 31.6. The molecule has 1 unspecified atom stereocenters. The van der Waals surface area contributed by atoms with E-state index in [2.05, 4.69) is 20.9 Å². The van der Waals surface area contributed by atoms with Crippen molar-refractivity contribution >= 4 is 31.5 Å². The van der Waals surface area contributed by atoms with Crippen LogP contribution in [0.3, 0.4) is 0 Å². The van der Waals surface area contributed by atoms with Crippen molar-refractivity contribution in [3.05, 3.63) is 101 Å². The number of ether oxygens (including phenoxy) is 2. The summed E-state index contributed by atoms with van der Waals surface area (Å²) in [7, 11) is -1.28. The van der Waals surface area contributed by atoms with E-state index in [9.17, 15) is 19.5 Å². The fourth-order valence-electron chi connectivity index (χ4n) is 7.09. The zero-order valence-electron chi connectivity index (χ0n) is 26.3. The Balaban J connectivity index is 1.24. The molecule has 240 valence electrons. The number of hydrogen-bond acceptors (Lipinski definition) is 8. The van der Waals surface area contributed by atoms with Crippen molar-refractivity contribution < 1.29 is 29.0 Å². The van der Waals surface area contributed by atoms with E-state index in [1.54, 1.807) is 54.3 Å². The standard InChI is InChI=1S/C34H39N5O6Si/c1-21-31(46(3,4)43)30(16-17-39-19-29(37-38-39)26(20-40)22-8-6-5-7-9-22)45-34(21)27-18-24(12-15-28(27)36-33(34)42)35-32(41)23-10-13-25(44-2)14-11-23/h5-15,18-19,21,26,30-31,40,43H,16-17,20H2,1-4H3,(H,35,41)(H,36,42)/t21-,26?,30+,31-,34+/m0/s1. The Morgan fingerprint density at radius 3 is 2.57 bits per heavy atom. The molecule has 2 amide bonds. The Bertz CT molecular complexity index is 1720. The van der Waals surface area contributed by atoms with Gasteiger partial charge < -0.3 is 30.0 Å². The van der Waals surface area contributed by atoms with Crippen molar-refractivity contribution in [2.24, 2.45) is 5.92 Å². The molecule has 12 heteroatoms. The minimum Gasteiger partial charge on any atom is -0.497 e. The van der Waals surface area contributed by atoms with Gasteiger partial charge in [0.05, 0.1) is 31.4 Å². The van der Waals surface area contributed by atoms with Crippen LogP contribution in [0.1, 0.15) is 46.4 Å². The number of hydrogen-bond donors (Lipinski definition) is 4. The van der Waals surface area contributed by atoms with Crippen LogP contribution in [0.2, 0.25) is 18.6 Å². The maximum atomic E-state index is 13.8. The molecule has 2 aliphatic rings. The third-order valence-corrected chi connectivity index (χ3v) is 11.8. The quantitative estimate of drug-likeness (QED) is 0.185.